The number of anilines is 1. The molecule has 6 nitrogen and oxygen atoms in total. The smallest absolute Gasteiger partial charge is 0.312 e. The van der Waals surface area contributed by atoms with Crippen LogP contribution in [0.15, 0.2) is 48.8 Å². The molecular formula is C19H21ClN4O2. The third-order valence-electron chi connectivity index (χ3n) is 4.47. The van der Waals surface area contributed by atoms with Crippen LogP contribution in [0.2, 0.25) is 5.02 Å². The van der Waals surface area contributed by atoms with Gasteiger partial charge in [0.25, 0.3) is 0 Å². The molecule has 7 heteroatoms. The molecule has 0 bridgehead atoms. The van der Waals surface area contributed by atoms with Gasteiger partial charge in [-0.3, -0.25) is 14.6 Å². The minimum absolute atomic E-state index is 0.270. The van der Waals surface area contributed by atoms with Crippen LogP contribution in [-0.4, -0.2) is 47.9 Å². The summed E-state index contributed by atoms with van der Waals surface area (Å²) in [7, 11) is 0. The molecule has 2 aromatic rings. The molecule has 3 rings (SSSR count). The molecule has 1 N–H and O–H groups in total. The highest BCUT2D eigenvalue weighted by Gasteiger charge is 2.27. The molecule has 1 atom stereocenters. The summed E-state index contributed by atoms with van der Waals surface area (Å²) < 4.78 is 0. The zero-order chi connectivity index (χ0) is 18.5. The van der Waals surface area contributed by atoms with E-state index < -0.39 is 11.8 Å². The first-order valence-electron chi connectivity index (χ1n) is 8.55. The number of rotatable bonds is 3. The molecule has 1 aromatic carbocycles. The first-order chi connectivity index (χ1) is 12.5. The Kier molecular flexibility index (Phi) is 5.73. The molecule has 0 spiro atoms. The fourth-order valence-corrected chi connectivity index (χ4v) is 3.14. The summed E-state index contributed by atoms with van der Waals surface area (Å²) in [6, 6.07) is 11.0. The Balaban J connectivity index is 1.54. The van der Waals surface area contributed by atoms with Crippen LogP contribution < -0.4 is 10.2 Å². The second-order valence-electron chi connectivity index (χ2n) is 6.24. The Morgan fingerprint density at radius 1 is 1.15 bits per heavy atom. The van der Waals surface area contributed by atoms with Gasteiger partial charge in [0.2, 0.25) is 0 Å². The topological polar surface area (TPSA) is 65.5 Å². The molecule has 1 saturated heterocycles. The van der Waals surface area contributed by atoms with Crippen molar-refractivity contribution in [2.75, 3.05) is 31.1 Å². The van der Waals surface area contributed by atoms with Gasteiger partial charge in [-0.1, -0.05) is 23.7 Å². The lowest BCUT2D eigenvalue weighted by molar-refractivity contribution is -0.146. The molecule has 26 heavy (non-hydrogen) atoms. The van der Waals surface area contributed by atoms with Crippen LogP contribution in [0.4, 0.5) is 5.69 Å². The molecular weight excluding hydrogens is 352 g/mol. The van der Waals surface area contributed by atoms with E-state index in [9.17, 15) is 9.59 Å². The molecule has 1 aliphatic rings. The van der Waals surface area contributed by atoms with Crippen molar-refractivity contribution in [3.63, 3.8) is 0 Å². The monoisotopic (exact) mass is 372 g/mol. The predicted molar refractivity (Wildman–Crippen MR) is 101 cm³/mol. The number of amides is 2. The highest BCUT2D eigenvalue weighted by atomic mass is 35.5. The van der Waals surface area contributed by atoms with Crippen LogP contribution in [0.1, 0.15) is 18.5 Å². The summed E-state index contributed by atoms with van der Waals surface area (Å²) in [5.41, 5.74) is 1.89. The Morgan fingerprint density at radius 2 is 1.92 bits per heavy atom. The molecule has 0 radical (unpaired) electrons. The molecule has 0 aliphatic carbocycles. The second-order valence-corrected chi connectivity index (χ2v) is 6.68. The molecule has 1 aromatic heterocycles. The first-order valence-corrected chi connectivity index (χ1v) is 8.92. The summed E-state index contributed by atoms with van der Waals surface area (Å²) >= 11 is 6.04. The molecule has 0 unspecified atom stereocenters. The minimum Gasteiger partial charge on any atom is -0.368 e. The van der Waals surface area contributed by atoms with Crippen molar-refractivity contribution in [3.05, 3.63) is 59.4 Å². The van der Waals surface area contributed by atoms with Gasteiger partial charge in [-0.05, 0) is 36.8 Å². The van der Waals surface area contributed by atoms with Crippen LogP contribution in [0.5, 0.6) is 0 Å². The zero-order valence-electron chi connectivity index (χ0n) is 14.6. The number of hydrogen-bond acceptors (Lipinski definition) is 4. The van der Waals surface area contributed by atoms with Gasteiger partial charge < -0.3 is 15.1 Å². The van der Waals surface area contributed by atoms with Crippen molar-refractivity contribution in [1.29, 1.82) is 0 Å². The van der Waals surface area contributed by atoms with Crippen LogP contribution in [0.3, 0.4) is 0 Å². The van der Waals surface area contributed by atoms with Crippen molar-refractivity contribution in [3.8, 4) is 0 Å². The van der Waals surface area contributed by atoms with Crippen LogP contribution in [-0.2, 0) is 9.59 Å². The standard InChI is InChI=1S/C19H21ClN4O2/c1-14(15-4-3-7-21-13-15)22-18(25)19(26)24-10-8-23(9-11-24)17-6-2-5-16(20)12-17/h2-7,12-14H,8-11H2,1H3,(H,22,25)/t14-/m1/s1. The average Bonchev–Trinajstić information content (AvgIpc) is 2.68. The summed E-state index contributed by atoms with van der Waals surface area (Å²) in [5, 5.41) is 3.43. The van der Waals surface area contributed by atoms with Crippen molar-refractivity contribution in [2.45, 2.75) is 13.0 Å². The summed E-state index contributed by atoms with van der Waals surface area (Å²) in [6.07, 6.45) is 3.35. The lowest BCUT2D eigenvalue weighted by Gasteiger charge is -2.36. The van der Waals surface area contributed by atoms with Crippen LogP contribution >= 0.6 is 11.6 Å². The number of benzene rings is 1. The number of halogens is 1. The van der Waals surface area contributed by atoms with E-state index in [0.717, 1.165) is 11.3 Å². The SMILES string of the molecule is C[C@@H](NC(=O)C(=O)N1CCN(c2cccc(Cl)c2)CC1)c1cccnc1. The van der Waals surface area contributed by atoms with Gasteiger partial charge in [0.1, 0.15) is 0 Å². The lowest BCUT2D eigenvalue weighted by atomic mass is 10.1. The van der Waals surface area contributed by atoms with Gasteiger partial charge >= 0.3 is 11.8 Å². The molecule has 0 saturated carbocycles. The maximum absolute atomic E-state index is 12.4. The van der Waals surface area contributed by atoms with E-state index in [1.54, 1.807) is 23.4 Å². The Hall–Kier alpha value is -2.60. The zero-order valence-corrected chi connectivity index (χ0v) is 15.3. The second kappa shape index (κ2) is 8.19. The number of nitrogens with one attached hydrogen (secondary N) is 1. The molecule has 1 fully saturated rings. The number of hydrogen-bond donors (Lipinski definition) is 1. The Labute approximate surface area is 157 Å². The van der Waals surface area contributed by atoms with Crippen LogP contribution in [0, 0.1) is 0 Å². The number of carbonyl (C=O) groups is 2. The third-order valence-corrected chi connectivity index (χ3v) is 4.70. The first kappa shape index (κ1) is 18.2. The van der Waals surface area contributed by atoms with E-state index >= 15 is 0 Å². The maximum Gasteiger partial charge on any atom is 0.312 e. The van der Waals surface area contributed by atoms with Gasteiger partial charge in [-0.25, -0.2) is 0 Å². The van der Waals surface area contributed by atoms with Crippen molar-refractivity contribution in [2.24, 2.45) is 0 Å². The summed E-state index contributed by atoms with van der Waals surface area (Å²) in [4.78, 5) is 32.5. The van der Waals surface area contributed by atoms with Gasteiger partial charge in [-0.15, -0.1) is 0 Å². The van der Waals surface area contributed by atoms with Crippen molar-refractivity contribution < 1.29 is 9.59 Å². The van der Waals surface area contributed by atoms with E-state index in [4.69, 9.17) is 11.6 Å². The highest BCUT2D eigenvalue weighted by molar-refractivity contribution is 6.35. The van der Waals surface area contributed by atoms with E-state index in [0.29, 0.717) is 31.2 Å². The van der Waals surface area contributed by atoms with Crippen molar-refractivity contribution in [1.82, 2.24) is 15.2 Å². The van der Waals surface area contributed by atoms with E-state index in [1.165, 1.54) is 0 Å². The maximum atomic E-state index is 12.4. The average molecular weight is 373 g/mol. The van der Waals surface area contributed by atoms with Gasteiger partial charge in [0.05, 0.1) is 6.04 Å². The minimum atomic E-state index is -0.586. The molecule has 136 valence electrons. The van der Waals surface area contributed by atoms with Crippen LogP contribution in [0.25, 0.3) is 0 Å². The Bertz CT molecular complexity index is 776. The highest BCUT2D eigenvalue weighted by Crippen LogP contribution is 2.20. The number of piperazine rings is 1. The Morgan fingerprint density at radius 3 is 2.58 bits per heavy atom. The summed E-state index contributed by atoms with van der Waals surface area (Å²) in [6.45, 7) is 4.16. The number of carbonyl (C=O) groups excluding carboxylic acids is 2. The van der Waals surface area contributed by atoms with Gasteiger partial charge in [-0.2, -0.15) is 0 Å². The fourth-order valence-electron chi connectivity index (χ4n) is 2.96. The van der Waals surface area contributed by atoms with Gasteiger partial charge in [0, 0.05) is 49.3 Å². The predicted octanol–water partition coefficient (Wildman–Crippen LogP) is 2.26. The van der Waals surface area contributed by atoms with E-state index in [2.05, 4.69) is 15.2 Å². The third kappa shape index (κ3) is 4.32. The van der Waals surface area contributed by atoms with E-state index in [-0.39, 0.29) is 6.04 Å². The van der Waals surface area contributed by atoms with E-state index in [1.807, 2.05) is 37.3 Å². The van der Waals surface area contributed by atoms with Gasteiger partial charge in [0.15, 0.2) is 0 Å². The number of pyridine rings is 1. The lowest BCUT2D eigenvalue weighted by Crippen LogP contribution is -2.52. The number of nitrogens with zero attached hydrogens (tertiary/aromatic N) is 3. The molecule has 2 amide bonds. The molecule has 2 heterocycles. The normalized spacial score (nSPS) is 15.5. The largest absolute Gasteiger partial charge is 0.368 e. The van der Waals surface area contributed by atoms with Crippen molar-refractivity contribution >= 4 is 29.1 Å². The molecule has 1 aliphatic heterocycles. The number of aromatic nitrogens is 1. The summed E-state index contributed by atoms with van der Waals surface area (Å²) in [5.74, 6) is -1.08. The fraction of sp³-hybridized carbons (Fsp3) is 0.316. The quantitative estimate of drug-likeness (QED) is 0.839.